The van der Waals surface area contributed by atoms with Crippen LogP contribution in [0.1, 0.15) is 34.5 Å². The van der Waals surface area contributed by atoms with Crippen LogP contribution in [-0.2, 0) is 13.5 Å². The number of hydrogen-bond donors (Lipinski definition) is 1. The molecular formula is C21H27N5O. The lowest BCUT2D eigenvalue weighted by atomic mass is 10.0. The van der Waals surface area contributed by atoms with Gasteiger partial charge in [-0.1, -0.05) is 31.2 Å². The van der Waals surface area contributed by atoms with Gasteiger partial charge in [-0.05, 0) is 43.8 Å². The van der Waals surface area contributed by atoms with Crippen molar-refractivity contribution in [3.63, 3.8) is 0 Å². The summed E-state index contributed by atoms with van der Waals surface area (Å²) in [5.41, 5.74) is 3.06. The summed E-state index contributed by atoms with van der Waals surface area (Å²) in [6.45, 7) is 2.67. The molecular weight excluding hydrogens is 338 g/mol. The third kappa shape index (κ3) is 4.11. The summed E-state index contributed by atoms with van der Waals surface area (Å²) in [6.07, 6.45) is 6.45. The quantitative estimate of drug-likeness (QED) is 0.700. The monoisotopic (exact) mass is 365 g/mol. The van der Waals surface area contributed by atoms with Gasteiger partial charge < -0.3 is 14.8 Å². The van der Waals surface area contributed by atoms with E-state index in [1.807, 2.05) is 50.2 Å². The minimum atomic E-state index is -0.121. The summed E-state index contributed by atoms with van der Waals surface area (Å²) in [5, 5.41) is 7.33. The van der Waals surface area contributed by atoms with Gasteiger partial charge in [-0.25, -0.2) is 0 Å². The summed E-state index contributed by atoms with van der Waals surface area (Å²) >= 11 is 0. The Balaban J connectivity index is 1.75. The van der Waals surface area contributed by atoms with Crippen molar-refractivity contribution in [1.82, 2.24) is 24.6 Å². The summed E-state index contributed by atoms with van der Waals surface area (Å²) in [5.74, 6) is 0.634. The average molecular weight is 365 g/mol. The molecule has 1 unspecified atom stereocenters. The Labute approximate surface area is 160 Å². The SMILES string of the molecule is CCc1ccc(C(CNC(=O)c2cnn(C)c2-n2cccc2)N(C)C)cc1. The van der Waals surface area contributed by atoms with E-state index in [-0.39, 0.29) is 11.9 Å². The lowest BCUT2D eigenvalue weighted by molar-refractivity contribution is 0.0942. The van der Waals surface area contributed by atoms with Crippen molar-refractivity contribution >= 4 is 5.91 Å². The minimum Gasteiger partial charge on any atom is -0.350 e. The Hall–Kier alpha value is -2.86. The Bertz CT molecular complexity index is 878. The number of carbonyl (C=O) groups is 1. The summed E-state index contributed by atoms with van der Waals surface area (Å²) < 4.78 is 3.61. The zero-order valence-electron chi connectivity index (χ0n) is 16.4. The molecule has 0 bridgehead atoms. The van der Waals surface area contributed by atoms with Gasteiger partial charge in [0.25, 0.3) is 5.91 Å². The second kappa shape index (κ2) is 8.22. The van der Waals surface area contributed by atoms with Gasteiger partial charge in [0.05, 0.1) is 12.2 Å². The predicted molar refractivity (Wildman–Crippen MR) is 107 cm³/mol. The third-order valence-corrected chi connectivity index (χ3v) is 4.85. The molecule has 0 saturated carbocycles. The Morgan fingerprint density at radius 1 is 1.19 bits per heavy atom. The second-order valence-corrected chi connectivity index (χ2v) is 6.88. The van der Waals surface area contributed by atoms with Gasteiger partial charge in [0.15, 0.2) is 0 Å². The summed E-state index contributed by atoms with van der Waals surface area (Å²) in [7, 11) is 5.89. The van der Waals surface area contributed by atoms with Crippen LogP contribution < -0.4 is 5.32 Å². The summed E-state index contributed by atoms with van der Waals surface area (Å²) in [4.78, 5) is 15.0. The van der Waals surface area contributed by atoms with Crippen molar-refractivity contribution in [2.45, 2.75) is 19.4 Å². The number of nitrogens with zero attached hydrogens (tertiary/aromatic N) is 4. The van der Waals surface area contributed by atoms with Crippen molar-refractivity contribution in [2.24, 2.45) is 7.05 Å². The number of aromatic nitrogens is 3. The van der Waals surface area contributed by atoms with E-state index in [1.165, 1.54) is 11.1 Å². The first kappa shape index (κ1) is 18.9. The first-order valence-corrected chi connectivity index (χ1v) is 9.20. The maximum atomic E-state index is 12.8. The van der Waals surface area contributed by atoms with Crippen LogP contribution in [0.25, 0.3) is 5.82 Å². The molecule has 1 N–H and O–H groups in total. The van der Waals surface area contributed by atoms with Crippen molar-refractivity contribution < 1.29 is 4.79 Å². The van der Waals surface area contributed by atoms with Crippen LogP contribution in [0.3, 0.4) is 0 Å². The molecule has 6 heteroatoms. The third-order valence-electron chi connectivity index (χ3n) is 4.85. The number of aryl methyl sites for hydroxylation is 2. The summed E-state index contributed by atoms with van der Waals surface area (Å²) in [6, 6.07) is 12.5. The predicted octanol–water partition coefficient (Wildman–Crippen LogP) is 2.81. The largest absolute Gasteiger partial charge is 0.350 e. The minimum absolute atomic E-state index is 0.103. The molecule has 2 aromatic heterocycles. The fourth-order valence-corrected chi connectivity index (χ4v) is 3.23. The van der Waals surface area contributed by atoms with E-state index in [4.69, 9.17) is 0 Å². The maximum absolute atomic E-state index is 12.8. The lowest BCUT2D eigenvalue weighted by Gasteiger charge is -2.25. The molecule has 1 aromatic carbocycles. The molecule has 0 fully saturated rings. The van der Waals surface area contributed by atoms with Gasteiger partial charge in [0, 0.05) is 26.0 Å². The van der Waals surface area contributed by atoms with Crippen LogP contribution >= 0.6 is 0 Å². The van der Waals surface area contributed by atoms with Gasteiger partial charge in [-0.3, -0.25) is 9.48 Å². The Kier molecular flexibility index (Phi) is 5.76. The van der Waals surface area contributed by atoms with Crippen LogP contribution in [0.2, 0.25) is 0 Å². The molecule has 0 aliphatic heterocycles. The number of hydrogen-bond acceptors (Lipinski definition) is 3. The number of nitrogens with one attached hydrogen (secondary N) is 1. The van der Waals surface area contributed by atoms with E-state index in [9.17, 15) is 4.79 Å². The lowest BCUT2D eigenvalue weighted by Crippen LogP contribution is -2.34. The van der Waals surface area contributed by atoms with Crippen LogP contribution in [-0.4, -0.2) is 45.8 Å². The first-order valence-electron chi connectivity index (χ1n) is 9.20. The molecule has 3 rings (SSSR count). The van der Waals surface area contributed by atoms with Gasteiger partial charge in [0.2, 0.25) is 0 Å². The van der Waals surface area contributed by atoms with Gasteiger partial charge in [0.1, 0.15) is 11.4 Å². The molecule has 27 heavy (non-hydrogen) atoms. The highest BCUT2D eigenvalue weighted by molar-refractivity contribution is 5.97. The molecule has 0 radical (unpaired) electrons. The Morgan fingerprint density at radius 3 is 2.44 bits per heavy atom. The van der Waals surface area contributed by atoms with Gasteiger partial charge in [-0.2, -0.15) is 5.10 Å². The highest BCUT2D eigenvalue weighted by Crippen LogP contribution is 2.19. The van der Waals surface area contributed by atoms with Crippen LogP contribution in [0.4, 0.5) is 0 Å². The number of carbonyl (C=O) groups excluding carboxylic acids is 1. The van der Waals surface area contributed by atoms with E-state index in [0.29, 0.717) is 12.1 Å². The van der Waals surface area contributed by atoms with Crippen molar-refractivity contribution in [2.75, 3.05) is 20.6 Å². The molecule has 1 atom stereocenters. The zero-order valence-corrected chi connectivity index (χ0v) is 16.4. The molecule has 0 aliphatic carbocycles. The second-order valence-electron chi connectivity index (χ2n) is 6.88. The zero-order chi connectivity index (χ0) is 19.4. The molecule has 0 aliphatic rings. The molecule has 1 amide bonds. The molecule has 2 heterocycles. The maximum Gasteiger partial charge on any atom is 0.256 e. The number of rotatable bonds is 7. The molecule has 0 spiro atoms. The fraction of sp³-hybridized carbons (Fsp3) is 0.333. The first-order chi connectivity index (χ1) is 13.0. The van der Waals surface area contributed by atoms with E-state index in [0.717, 1.165) is 12.2 Å². The molecule has 6 nitrogen and oxygen atoms in total. The van der Waals surface area contributed by atoms with E-state index < -0.39 is 0 Å². The topological polar surface area (TPSA) is 55.1 Å². The highest BCUT2D eigenvalue weighted by atomic mass is 16.1. The van der Waals surface area contributed by atoms with Crippen molar-refractivity contribution in [3.05, 3.63) is 71.7 Å². The standard InChI is InChI=1S/C21H27N5O/c1-5-16-8-10-17(11-9-16)19(24(2)3)15-22-20(27)18-14-23-25(4)21(18)26-12-6-7-13-26/h6-14,19H,5,15H2,1-4H3,(H,22,27). The highest BCUT2D eigenvalue weighted by Gasteiger charge is 2.20. The van der Waals surface area contributed by atoms with E-state index in [2.05, 4.69) is 46.5 Å². The molecule has 3 aromatic rings. The normalized spacial score (nSPS) is 12.3. The smallest absolute Gasteiger partial charge is 0.256 e. The van der Waals surface area contributed by atoms with Crippen LogP contribution in [0.15, 0.2) is 55.0 Å². The Morgan fingerprint density at radius 2 is 1.85 bits per heavy atom. The van der Waals surface area contributed by atoms with E-state index >= 15 is 0 Å². The van der Waals surface area contributed by atoms with Crippen molar-refractivity contribution in [3.8, 4) is 5.82 Å². The van der Waals surface area contributed by atoms with E-state index in [1.54, 1.807) is 10.9 Å². The van der Waals surface area contributed by atoms with Gasteiger partial charge in [-0.15, -0.1) is 0 Å². The van der Waals surface area contributed by atoms with Crippen LogP contribution in [0.5, 0.6) is 0 Å². The number of likely N-dealkylation sites (N-methyl/N-ethyl adjacent to an activating group) is 1. The number of amides is 1. The van der Waals surface area contributed by atoms with Gasteiger partial charge >= 0.3 is 0 Å². The number of benzene rings is 1. The average Bonchev–Trinajstić information content (AvgIpc) is 3.31. The molecule has 0 saturated heterocycles. The fourth-order valence-electron chi connectivity index (χ4n) is 3.23. The molecule has 142 valence electrons. The van der Waals surface area contributed by atoms with Crippen molar-refractivity contribution in [1.29, 1.82) is 0 Å². The van der Waals surface area contributed by atoms with Crippen LogP contribution in [0, 0.1) is 0 Å².